The van der Waals surface area contributed by atoms with Gasteiger partial charge in [0, 0.05) is 18.0 Å². The van der Waals surface area contributed by atoms with E-state index in [9.17, 15) is 5.11 Å². The summed E-state index contributed by atoms with van der Waals surface area (Å²) in [4.78, 5) is 3.51. The minimum Gasteiger partial charge on any atom is -0.389 e. The van der Waals surface area contributed by atoms with Crippen molar-refractivity contribution < 1.29 is 9.84 Å². The lowest BCUT2D eigenvalue weighted by Crippen LogP contribution is -2.32. The molecule has 2 rings (SSSR count). The van der Waals surface area contributed by atoms with E-state index in [4.69, 9.17) is 4.74 Å². The number of aliphatic hydroxyl groups is 1. The topological polar surface area (TPSA) is 44.7 Å². The monoisotopic (exact) mass is 348 g/mol. The van der Waals surface area contributed by atoms with E-state index < -0.39 is 6.10 Å². The van der Waals surface area contributed by atoms with Crippen molar-refractivity contribution in [1.29, 1.82) is 0 Å². The van der Waals surface area contributed by atoms with Crippen LogP contribution in [0.2, 0.25) is 0 Å². The number of nitrogens with one attached hydrogen (secondary N) is 1. The zero-order chi connectivity index (χ0) is 17.0. The first-order chi connectivity index (χ1) is 11.7. The van der Waals surface area contributed by atoms with Gasteiger partial charge in [-0.3, -0.25) is 0 Å². The molecule has 0 bridgehead atoms. The van der Waals surface area contributed by atoms with E-state index in [2.05, 4.69) is 41.5 Å². The molecule has 2 N–H and O–H groups in total. The van der Waals surface area contributed by atoms with Crippen molar-refractivity contribution in [2.45, 2.75) is 25.7 Å². The van der Waals surface area contributed by atoms with Crippen LogP contribution in [-0.2, 0) is 17.9 Å². The van der Waals surface area contributed by atoms with Gasteiger partial charge in [-0.1, -0.05) is 36.4 Å². The van der Waals surface area contributed by atoms with Crippen molar-refractivity contribution in [3.05, 3.63) is 58.3 Å². The molecule has 4 nitrogen and oxygen atoms in total. The SMILES string of the molecule is CN(CCCNCC(O)COCc1cccs1)Cc1ccccc1. The number of hydrogen-bond donors (Lipinski definition) is 2. The van der Waals surface area contributed by atoms with E-state index in [0.29, 0.717) is 19.8 Å². The molecule has 0 fully saturated rings. The minimum absolute atomic E-state index is 0.374. The Labute approximate surface area is 149 Å². The van der Waals surface area contributed by atoms with Crippen molar-refractivity contribution in [3.8, 4) is 0 Å². The van der Waals surface area contributed by atoms with Crippen LogP contribution in [0.25, 0.3) is 0 Å². The molecule has 1 heterocycles. The van der Waals surface area contributed by atoms with E-state index in [-0.39, 0.29) is 0 Å². The number of hydrogen-bond acceptors (Lipinski definition) is 5. The summed E-state index contributed by atoms with van der Waals surface area (Å²) >= 11 is 1.68. The molecule has 0 aliphatic carbocycles. The lowest BCUT2D eigenvalue weighted by molar-refractivity contribution is 0.0299. The zero-order valence-corrected chi connectivity index (χ0v) is 15.2. The maximum absolute atomic E-state index is 9.89. The third-order valence-corrected chi connectivity index (χ3v) is 4.55. The molecule has 1 atom stereocenters. The van der Waals surface area contributed by atoms with Gasteiger partial charge in [-0.2, -0.15) is 0 Å². The second kappa shape index (κ2) is 11.3. The van der Waals surface area contributed by atoms with Gasteiger partial charge in [-0.05, 0) is 43.6 Å². The van der Waals surface area contributed by atoms with Gasteiger partial charge in [0.15, 0.2) is 0 Å². The first-order valence-corrected chi connectivity index (χ1v) is 9.33. The van der Waals surface area contributed by atoms with Crippen LogP contribution >= 0.6 is 11.3 Å². The average Bonchev–Trinajstić information content (AvgIpc) is 3.09. The smallest absolute Gasteiger partial charge is 0.0897 e. The maximum atomic E-state index is 9.89. The van der Waals surface area contributed by atoms with E-state index in [1.165, 1.54) is 10.4 Å². The second-order valence-corrected chi connectivity index (χ2v) is 7.06. The second-order valence-electron chi connectivity index (χ2n) is 6.03. The Kier molecular flexibility index (Phi) is 9.02. The summed E-state index contributed by atoms with van der Waals surface area (Å²) in [5.74, 6) is 0. The van der Waals surface area contributed by atoms with Gasteiger partial charge in [-0.15, -0.1) is 11.3 Å². The number of nitrogens with zero attached hydrogens (tertiary/aromatic N) is 1. The highest BCUT2D eigenvalue weighted by atomic mass is 32.1. The van der Waals surface area contributed by atoms with Gasteiger partial charge >= 0.3 is 0 Å². The van der Waals surface area contributed by atoms with Crippen molar-refractivity contribution in [3.63, 3.8) is 0 Å². The molecule has 132 valence electrons. The quantitative estimate of drug-likeness (QED) is 0.579. The summed E-state index contributed by atoms with van der Waals surface area (Å²) in [5, 5.41) is 15.2. The fourth-order valence-electron chi connectivity index (χ4n) is 2.47. The van der Waals surface area contributed by atoms with Crippen molar-refractivity contribution >= 4 is 11.3 Å². The molecule has 0 radical (unpaired) electrons. The summed E-state index contributed by atoms with van der Waals surface area (Å²) < 4.78 is 5.51. The molecule has 0 aliphatic heterocycles. The van der Waals surface area contributed by atoms with Crippen LogP contribution in [0.15, 0.2) is 47.8 Å². The third-order valence-electron chi connectivity index (χ3n) is 3.70. The van der Waals surface area contributed by atoms with E-state index in [1.54, 1.807) is 11.3 Å². The fourth-order valence-corrected chi connectivity index (χ4v) is 3.11. The molecule has 0 saturated heterocycles. The van der Waals surface area contributed by atoms with E-state index in [0.717, 1.165) is 26.1 Å². The Hall–Kier alpha value is -1.24. The summed E-state index contributed by atoms with van der Waals surface area (Å²) in [5.41, 5.74) is 1.34. The minimum atomic E-state index is -0.452. The highest BCUT2D eigenvalue weighted by molar-refractivity contribution is 7.09. The van der Waals surface area contributed by atoms with Gasteiger partial charge in [0.1, 0.15) is 0 Å². The summed E-state index contributed by atoms with van der Waals surface area (Å²) in [6, 6.07) is 14.6. The lowest BCUT2D eigenvalue weighted by atomic mass is 10.2. The molecule has 5 heteroatoms. The molecule has 24 heavy (non-hydrogen) atoms. The predicted molar refractivity (Wildman–Crippen MR) is 100 cm³/mol. The molecule has 1 unspecified atom stereocenters. The average molecular weight is 349 g/mol. The van der Waals surface area contributed by atoms with Crippen molar-refractivity contribution in [2.75, 3.05) is 33.3 Å². The Morgan fingerprint density at radius 2 is 2.04 bits per heavy atom. The van der Waals surface area contributed by atoms with E-state index in [1.807, 2.05) is 23.6 Å². The maximum Gasteiger partial charge on any atom is 0.0897 e. The summed E-state index contributed by atoms with van der Waals surface area (Å²) in [6.07, 6.45) is 0.610. The first-order valence-electron chi connectivity index (χ1n) is 8.45. The summed E-state index contributed by atoms with van der Waals surface area (Å²) in [6.45, 7) is 4.44. The standard InChI is InChI=1S/C19H28N2O2S/c1-21(14-17-7-3-2-4-8-17)11-6-10-20-13-18(22)15-23-16-19-9-5-12-24-19/h2-5,7-9,12,18,20,22H,6,10-11,13-16H2,1H3. The molecule has 1 aromatic heterocycles. The molecule has 0 aliphatic rings. The van der Waals surface area contributed by atoms with Crippen molar-refractivity contribution in [2.24, 2.45) is 0 Å². The molecular weight excluding hydrogens is 320 g/mol. The summed E-state index contributed by atoms with van der Waals surface area (Å²) in [7, 11) is 2.14. The van der Waals surface area contributed by atoms with Crippen LogP contribution in [-0.4, -0.2) is 49.4 Å². The Bertz CT molecular complexity index is 534. The Morgan fingerprint density at radius 1 is 1.21 bits per heavy atom. The largest absolute Gasteiger partial charge is 0.389 e. The zero-order valence-electron chi connectivity index (χ0n) is 14.4. The van der Waals surface area contributed by atoms with Crippen LogP contribution in [0.3, 0.4) is 0 Å². The Morgan fingerprint density at radius 3 is 2.79 bits per heavy atom. The highest BCUT2D eigenvalue weighted by Gasteiger charge is 2.05. The molecule has 0 spiro atoms. The van der Waals surface area contributed by atoms with Crippen LogP contribution in [0.1, 0.15) is 16.9 Å². The van der Waals surface area contributed by atoms with Gasteiger partial charge in [-0.25, -0.2) is 0 Å². The number of rotatable bonds is 12. The third kappa shape index (κ3) is 8.04. The predicted octanol–water partition coefficient (Wildman–Crippen LogP) is 2.74. The molecular formula is C19H28N2O2S. The van der Waals surface area contributed by atoms with Crippen molar-refractivity contribution in [1.82, 2.24) is 10.2 Å². The molecule has 0 amide bonds. The fraction of sp³-hybridized carbons (Fsp3) is 0.474. The van der Waals surface area contributed by atoms with Crippen LogP contribution < -0.4 is 5.32 Å². The van der Waals surface area contributed by atoms with Crippen LogP contribution in [0.5, 0.6) is 0 Å². The van der Waals surface area contributed by atoms with Crippen LogP contribution in [0.4, 0.5) is 0 Å². The highest BCUT2D eigenvalue weighted by Crippen LogP contribution is 2.09. The number of aliphatic hydroxyl groups excluding tert-OH is 1. The first kappa shape index (κ1) is 19.1. The number of ether oxygens (including phenoxy) is 1. The number of benzene rings is 1. The molecule has 1 aromatic carbocycles. The van der Waals surface area contributed by atoms with Gasteiger partial charge in [0.2, 0.25) is 0 Å². The van der Waals surface area contributed by atoms with Crippen LogP contribution in [0, 0.1) is 0 Å². The van der Waals surface area contributed by atoms with Gasteiger partial charge < -0.3 is 20.1 Å². The van der Waals surface area contributed by atoms with E-state index >= 15 is 0 Å². The normalized spacial score (nSPS) is 12.6. The molecule has 2 aromatic rings. The molecule has 0 saturated carbocycles. The Balaban J connectivity index is 1.45. The number of thiophene rings is 1. The lowest BCUT2D eigenvalue weighted by Gasteiger charge is -2.17. The van der Waals surface area contributed by atoms with Gasteiger partial charge in [0.05, 0.1) is 19.3 Å². The van der Waals surface area contributed by atoms with Gasteiger partial charge in [0.25, 0.3) is 0 Å².